The SMILES string of the molecule is CCNC(=O)CCOc1ccc(CC(C)NCC)cc1. The molecule has 0 aliphatic carbocycles. The maximum absolute atomic E-state index is 11.3. The first-order chi connectivity index (χ1) is 9.65. The normalized spacial score (nSPS) is 11.9. The molecule has 1 rings (SSSR count). The number of benzene rings is 1. The summed E-state index contributed by atoms with van der Waals surface area (Å²) < 4.78 is 5.55. The number of hydrogen-bond donors (Lipinski definition) is 2. The summed E-state index contributed by atoms with van der Waals surface area (Å²) in [5.41, 5.74) is 1.29. The van der Waals surface area contributed by atoms with Crippen LogP contribution in [0.4, 0.5) is 0 Å². The maximum Gasteiger partial charge on any atom is 0.223 e. The molecule has 0 aromatic heterocycles. The zero-order valence-electron chi connectivity index (χ0n) is 12.7. The van der Waals surface area contributed by atoms with Gasteiger partial charge in [0.2, 0.25) is 5.91 Å². The molecule has 4 nitrogen and oxygen atoms in total. The predicted octanol–water partition coefficient (Wildman–Crippen LogP) is 2.13. The minimum Gasteiger partial charge on any atom is -0.493 e. The Morgan fingerprint density at radius 1 is 1.20 bits per heavy atom. The second-order valence-corrected chi connectivity index (χ2v) is 4.86. The van der Waals surface area contributed by atoms with Gasteiger partial charge in [0.05, 0.1) is 13.0 Å². The molecule has 0 saturated carbocycles. The average Bonchev–Trinajstić information content (AvgIpc) is 2.41. The van der Waals surface area contributed by atoms with Gasteiger partial charge in [-0.2, -0.15) is 0 Å². The van der Waals surface area contributed by atoms with Crippen LogP contribution in [0.1, 0.15) is 32.8 Å². The molecule has 2 N–H and O–H groups in total. The number of nitrogens with one attached hydrogen (secondary N) is 2. The smallest absolute Gasteiger partial charge is 0.223 e. The fourth-order valence-corrected chi connectivity index (χ4v) is 2.04. The lowest BCUT2D eigenvalue weighted by Gasteiger charge is -2.12. The van der Waals surface area contributed by atoms with E-state index in [1.807, 2.05) is 19.1 Å². The Morgan fingerprint density at radius 3 is 2.50 bits per heavy atom. The summed E-state index contributed by atoms with van der Waals surface area (Å²) >= 11 is 0. The van der Waals surface area contributed by atoms with Crippen molar-refractivity contribution in [2.24, 2.45) is 0 Å². The molecule has 0 fully saturated rings. The second-order valence-electron chi connectivity index (χ2n) is 4.86. The summed E-state index contributed by atoms with van der Waals surface area (Å²) in [5, 5.41) is 6.14. The van der Waals surface area contributed by atoms with Gasteiger partial charge in [-0.3, -0.25) is 4.79 Å². The molecule has 0 aliphatic heterocycles. The molecule has 1 unspecified atom stereocenters. The summed E-state index contributed by atoms with van der Waals surface area (Å²) in [4.78, 5) is 11.3. The first-order valence-corrected chi connectivity index (χ1v) is 7.37. The van der Waals surface area contributed by atoms with E-state index in [-0.39, 0.29) is 5.91 Å². The topological polar surface area (TPSA) is 50.4 Å². The van der Waals surface area contributed by atoms with Gasteiger partial charge < -0.3 is 15.4 Å². The molecule has 20 heavy (non-hydrogen) atoms. The Morgan fingerprint density at radius 2 is 1.90 bits per heavy atom. The third-order valence-corrected chi connectivity index (χ3v) is 2.99. The van der Waals surface area contributed by atoms with Crippen LogP contribution in [0.15, 0.2) is 24.3 Å². The quantitative estimate of drug-likeness (QED) is 0.727. The van der Waals surface area contributed by atoms with Gasteiger partial charge in [-0.15, -0.1) is 0 Å². The molecule has 0 heterocycles. The zero-order valence-corrected chi connectivity index (χ0v) is 12.7. The number of rotatable bonds is 9. The molecular weight excluding hydrogens is 252 g/mol. The number of ether oxygens (including phenoxy) is 1. The fraction of sp³-hybridized carbons (Fsp3) is 0.562. The van der Waals surface area contributed by atoms with E-state index in [0.29, 0.717) is 25.6 Å². The van der Waals surface area contributed by atoms with Gasteiger partial charge in [0, 0.05) is 12.6 Å². The van der Waals surface area contributed by atoms with Crippen LogP contribution in [-0.4, -0.2) is 31.6 Å². The monoisotopic (exact) mass is 278 g/mol. The molecule has 1 aromatic carbocycles. The van der Waals surface area contributed by atoms with E-state index < -0.39 is 0 Å². The zero-order chi connectivity index (χ0) is 14.8. The van der Waals surface area contributed by atoms with Crippen molar-refractivity contribution in [2.45, 2.75) is 39.7 Å². The lowest BCUT2D eigenvalue weighted by Crippen LogP contribution is -2.27. The van der Waals surface area contributed by atoms with E-state index in [2.05, 4.69) is 36.6 Å². The Balaban J connectivity index is 2.33. The molecule has 0 saturated heterocycles. The second kappa shape index (κ2) is 9.37. The van der Waals surface area contributed by atoms with Crippen LogP contribution < -0.4 is 15.4 Å². The molecule has 1 amide bonds. The maximum atomic E-state index is 11.3. The van der Waals surface area contributed by atoms with Gasteiger partial charge in [0.25, 0.3) is 0 Å². The van der Waals surface area contributed by atoms with E-state index in [1.165, 1.54) is 5.56 Å². The van der Waals surface area contributed by atoms with Crippen molar-refractivity contribution in [1.29, 1.82) is 0 Å². The summed E-state index contributed by atoms with van der Waals surface area (Å²) in [6, 6.07) is 8.56. The summed E-state index contributed by atoms with van der Waals surface area (Å²) in [5.74, 6) is 0.845. The van der Waals surface area contributed by atoms with Crippen LogP contribution in [0.5, 0.6) is 5.75 Å². The number of hydrogen-bond acceptors (Lipinski definition) is 3. The molecule has 112 valence electrons. The van der Waals surface area contributed by atoms with E-state index in [4.69, 9.17) is 4.74 Å². The first kappa shape index (κ1) is 16.5. The van der Waals surface area contributed by atoms with Gasteiger partial charge in [-0.25, -0.2) is 0 Å². The lowest BCUT2D eigenvalue weighted by atomic mass is 10.1. The molecule has 1 atom stereocenters. The highest BCUT2D eigenvalue weighted by molar-refractivity contribution is 5.75. The van der Waals surface area contributed by atoms with Crippen LogP contribution in [0.3, 0.4) is 0 Å². The van der Waals surface area contributed by atoms with Crippen LogP contribution >= 0.6 is 0 Å². The first-order valence-electron chi connectivity index (χ1n) is 7.37. The molecule has 0 spiro atoms. The molecular formula is C16H26N2O2. The van der Waals surface area contributed by atoms with Crippen molar-refractivity contribution in [3.8, 4) is 5.75 Å². The molecule has 4 heteroatoms. The van der Waals surface area contributed by atoms with Gasteiger partial charge in [-0.1, -0.05) is 19.1 Å². The fourth-order valence-electron chi connectivity index (χ4n) is 2.04. The largest absolute Gasteiger partial charge is 0.493 e. The van der Waals surface area contributed by atoms with E-state index in [0.717, 1.165) is 18.7 Å². The molecule has 0 aliphatic rings. The Bertz CT molecular complexity index is 390. The predicted molar refractivity (Wildman–Crippen MR) is 82.1 cm³/mol. The van der Waals surface area contributed by atoms with Crippen molar-refractivity contribution >= 4 is 5.91 Å². The van der Waals surface area contributed by atoms with E-state index in [9.17, 15) is 4.79 Å². The molecule has 1 aromatic rings. The van der Waals surface area contributed by atoms with E-state index in [1.54, 1.807) is 0 Å². The number of carbonyl (C=O) groups excluding carboxylic acids is 1. The van der Waals surface area contributed by atoms with Gasteiger partial charge in [-0.05, 0) is 44.5 Å². The minimum atomic E-state index is 0.0311. The average molecular weight is 278 g/mol. The highest BCUT2D eigenvalue weighted by atomic mass is 16.5. The van der Waals surface area contributed by atoms with Gasteiger partial charge in [0.1, 0.15) is 5.75 Å². The number of amides is 1. The number of likely N-dealkylation sites (N-methyl/N-ethyl adjacent to an activating group) is 1. The van der Waals surface area contributed by atoms with Crippen molar-refractivity contribution in [2.75, 3.05) is 19.7 Å². The van der Waals surface area contributed by atoms with Gasteiger partial charge in [0.15, 0.2) is 0 Å². The Kier molecular flexibility index (Phi) is 7.73. The third-order valence-electron chi connectivity index (χ3n) is 2.99. The van der Waals surface area contributed by atoms with Crippen LogP contribution in [0.2, 0.25) is 0 Å². The highest BCUT2D eigenvalue weighted by Gasteiger charge is 2.03. The van der Waals surface area contributed by atoms with Crippen LogP contribution in [-0.2, 0) is 11.2 Å². The Labute approximate surface area is 121 Å². The minimum absolute atomic E-state index is 0.0311. The lowest BCUT2D eigenvalue weighted by molar-refractivity contribution is -0.121. The standard InChI is InChI=1S/C16H26N2O2/c1-4-17-13(3)12-14-6-8-15(9-7-14)20-11-10-16(19)18-5-2/h6-9,13,17H,4-5,10-12H2,1-3H3,(H,18,19). The van der Waals surface area contributed by atoms with Crippen molar-refractivity contribution in [3.05, 3.63) is 29.8 Å². The summed E-state index contributed by atoms with van der Waals surface area (Å²) in [6.45, 7) is 8.27. The van der Waals surface area contributed by atoms with Gasteiger partial charge >= 0.3 is 0 Å². The molecule has 0 radical (unpaired) electrons. The van der Waals surface area contributed by atoms with Crippen molar-refractivity contribution in [1.82, 2.24) is 10.6 Å². The summed E-state index contributed by atoms with van der Waals surface area (Å²) in [6.07, 6.45) is 1.40. The van der Waals surface area contributed by atoms with Crippen molar-refractivity contribution in [3.63, 3.8) is 0 Å². The third kappa shape index (κ3) is 6.57. The molecule has 0 bridgehead atoms. The number of carbonyl (C=O) groups is 1. The summed E-state index contributed by atoms with van der Waals surface area (Å²) in [7, 11) is 0. The van der Waals surface area contributed by atoms with E-state index >= 15 is 0 Å². The highest BCUT2D eigenvalue weighted by Crippen LogP contribution is 2.13. The van der Waals surface area contributed by atoms with Crippen molar-refractivity contribution < 1.29 is 9.53 Å². The Hall–Kier alpha value is -1.55. The van der Waals surface area contributed by atoms with Crippen LogP contribution in [0.25, 0.3) is 0 Å². The van der Waals surface area contributed by atoms with Crippen LogP contribution in [0, 0.1) is 0 Å².